The topological polar surface area (TPSA) is 90.7 Å². The zero-order valence-electron chi connectivity index (χ0n) is 14.1. The third-order valence-corrected chi connectivity index (χ3v) is 3.55. The minimum atomic E-state index is -0.530. The second-order valence-corrected chi connectivity index (χ2v) is 5.16. The Labute approximate surface area is 145 Å². The lowest BCUT2D eigenvalue weighted by Crippen LogP contribution is -2.11. The van der Waals surface area contributed by atoms with Gasteiger partial charge in [-0.15, -0.1) is 0 Å². The highest BCUT2D eigenvalue weighted by Crippen LogP contribution is 2.28. The summed E-state index contributed by atoms with van der Waals surface area (Å²) in [4.78, 5) is 22.7. The number of amides is 1. The molecule has 0 fully saturated rings. The Morgan fingerprint density at radius 1 is 1.20 bits per heavy atom. The van der Waals surface area contributed by atoms with E-state index >= 15 is 0 Å². The van der Waals surface area contributed by atoms with Crippen LogP contribution < -0.4 is 14.8 Å². The number of methoxy groups -OCH3 is 2. The third-order valence-electron chi connectivity index (χ3n) is 3.55. The zero-order chi connectivity index (χ0) is 18.4. The van der Waals surface area contributed by atoms with Crippen LogP contribution in [0.3, 0.4) is 0 Å². The lowest BCUT2D eigenvalue weighted by atomic mass is 10.1. The number of hydrogen-bond acceptors (Lipinski definition) is 5. The summed E-state index contributed by atoms with van der Waals surface area (Å²) in [6, 6.07) is 9.79. The molecule has 0 saturated carbocycles. The molecule has 0 unspecified atom stereocenters. The van der Waals surface area contributed by atoms with Gasteiger partial charge in [0, 0.05) is 17.7 Å². The molecule has 0 aliphatic heterocycles. The number of nitro benzene ring substituents is 1. The summed E-state index contributed by atoms with van der Waals surface area (Å²) in [5.41, 5.74) is 1.28. The van der Waals surface area contributed by atoms with E-state index in [1.165, 1.54) is 19.3 Å². The van der Waals surface area contributed by atoms with Crippen LogP contribution in [0.25, 0.3) is 6.08 Å². The Kier molecular flexibility index (Phi) is 5.73. The van der Waals surface area contributed by atoms with Crippen molar-refractivity contribution in [2.45, 2.75) is 6.92 Å². The van der Waals surface area contributed by atoms with Crippen molar-refractivity contribution >= 4 is 23.4 Å². The molecule has 0 atom stereocenters. The standard InChI is InChI=1S/C18H18N2O5/c1-12-5-4-6-15(20(22)23)18(12)19-17(21)10-7-13-11-14(24-2)8-9-16(13)25-3/h4-11H,1-3H3,(H,19,21)/b10-7+. The molecule has 0 aromatic heterocycles. The number of hydrogen-bond donors (Lipinski definition) is 1. The fourth-order valence-electron chi connectivity index (χ4n) is 2.27. The summed E-state index contributed by atoms with van der Waals surface area (Å²) < 4.78 is 10.4. The van der Waals surface area contributed by atoms with Gasteiger partial charge in [-0.3, -0.25) is 14.9 Å². The van der Waals surface area contributed by atoms with Gasteiger partial charge >= 0.3 is 0 Å². The lowest BCUT2D eigenvalue weighted by Gasteiger charge is -2.08. The van der Waals surface area contributed by atoms with Crippen molar-refractivity contribution in [3.63, 3.8) is 0 Å². The predicted octanol–water partition coefficient (Wildman–Crippen LogP) is 3.57. The Morgan fingerprint density at radius 3 is 2.60 bits per heavy atom. The molecule has 7 heteroatoms. The van der Waals surface area contributed by atoms with Gasteiger partial charge in [0.1, 0.15) is 17.2 Å². The number of rotatable bonds is 6. The van der Waals surface area contributed by atoms with Crippen LogP contribution in [0, 0.1) is 17.0 Å². The Hall–Kier alpha value is -3.35. The molecular formula is C18H18N2O5. The van der Waals surface area contributed by atoms with E-state index < -0.39 is 10.8 Å². The number of benzene rings is 2. The largest absolute Gasteiger partial charge is 0.497 e. The van der Waals surface area contributed by atoms with Gasteiger partial charge in [0.05, 0.1) is 19.1 Å². The molecule has 2 rings (SSSR count). The number of anilines is 1. The molecule has 0 aliphatic rings. The van der Waals surface area contributed by atoms with E-state index in [1.54, 1.807) is 50.4 Å². The van der Waals surface area contributed by atoms with E-state index in [4.69, 9.17) is 9.47 Å². The Morgan fingerprint density at radius 2 is 1.96 bits per heavy atom. The molecule has 1 N–H and O–H groups in total. The van der Waals surface area contributed by atoms with E-state index in [0.717, 1.165) is 0 Å². The maximum atomic E-state index is 12.2. The van der Waals surface area contributed by atoms with E-state index in [1.807, 2.05) is 0 Å². The number of nitrogens with one attached hydrogen (secondary N) is 1. The number of aryl methyl sites for hydroxylation is 1. The van der Waals surface area contributed by atoms with Crippen LogP contribution in [-0.2, 0) is 4.79 Å². The summed E-state index contributed by atoms with van der Waals surface area (Å²) in [5.74, 6) is 0.712. The number of ether oxygens (including phenoxy) is 2. The van der Waals surface area contributed by atoms with E-state index in [-0.39, 0.29) is 11.4 Å². The first kappa shape index (κ1) is 18.0. The number of carbonyl (C=O) groups is 1. The van der Waals surface area contributed by atoms with Gasteiger partial charge in [0.25, 0.3) is 5.69 Å². The van der Waals surface area contributed by atoms with E-state index in [0.29, 0.717) is 22.6 Å². The molecule has 25 heavy (non-hydrogen) atoms. The summed E-state index contributed by atoms with van der Waals surface area (Å²) in [5, 5.41) is 13.7. The van der Waals surface area contributed by atoms with Crippen molar-refractivity contribution in [1.82, 2.24) is 0 Å². The van der Waals surface area contributed by atoms with Crippen LogP contribution in [0.5, 0.6) is 11.5 Å². The predicted molar refractivity (Wildman–Crippen MR) is 95.0 cm³/mol. The summed E-state index contributed by atoms with van der Waals surface area (Å²) in [6.45, 7) is 1.69. The average Bonchev–Trinajstić information content (AvgIpc) is 2.61. The van der Waals surface area contributed by atoms with Crippen LogP contribution in [0.2, 0.25) is 0 Å². The molecule has 1 amide bonds. The first-order chi connectivity index (χ1) is 12.0. The molecule has 0 bridgehead atoms. The van der Waals surface area contributed by atoms with Crippen LogP contribution in [-0.4, -0.2) is 25.1 Å². The number of nitro groups is 1. The monoisotopic (exact) mass is 342 g/mol. The molecule has 2 aromatic carbocycles. The van der Waals surface area contributed by atoms with Crippen LogP contribution in [0.1, 0.15) is 11.1 Å². The SMILES string of the molecule is COc1ccc(OC)c(/C=C/C(=O)Nc2c(C)cccc2[N+](=O)[O-])c1. The Bertz CT molecular complexity index is 830. The molecule has 0 spiro atoms. The second-order valence-electron chi connectivity index (χ2n) is 5.16. The minimum Gasteiger partial charge on any atom is -0.497 e. The first-order valence-corrected chi connectivity index (χ1v) is 7.41. The van der Waals surface area contributed by atoms with Gasteiger partial charge in [-0.2, -0.15) is 0 Å². The fraction of sp³-hybridized carbons (Fsp3) is 0.167. The average molecular weight is 342 g/mol. The van der Waals surface area contributed by atoms with Crippen LogP contribution in [0.15, 0.2) is 42.5 Å². The number of para-hydroxylation sites is 1. The molecule has 7 nitrogen and oxygen atoms in total. The molecule has 130 valence electrons. The number of nitrogens with zero attached hydrogens (tertiary/aromatic N) is 1. The zero-order valence-corrected chi connectivity index (χ0v) is 14.1. The first-order valence-electron chi connectivity index (χ1n) is 7.41. The summed E-state index contributed by atoms with van der Waals surface area (Å²) in [6.07, 6.45) is 2.84. The number of carbonyl (C=O) groups excluding carboxylic acids is 1. The quantitative estimate of drug-likeness (QED) is 0.492. The summed E-state index contributed by atoms with van der Waals surface area (Å²) in [7, 11) is 3.06. The molecule has 0 aliphatic carbocycles. The Balaban J connectivity index is 2.24. The lowest BCUT2D eigenvalue weighted by molar-refractivity contribution is -0.384. The van der Waals surface area contributed by atoms with Crippen molar-refractivity contribution in [1.29, 1.82) is 0 Å². The van der Waals surface area contributed by atoms with Crippen molar-refractivity contribution in [2.75, 3.05) is 19.5 Å². The van der Waals surface area contributed by atoms with Crippen LogP contribution in [0.4, 0.5) is 11.4 Å². The second kappa shape index (κ2) is 7.96. The van der Waals surface area contributed by atoms with Gasteiger partial charge in [-0.1, -0.05) is 12.1 Å². The highest BCUT2D eigenvalue weighted by atomic mass is 16.6. The molecular weight excluding hydrogens is 324 g/mol. The van der Waals surface area contributed by atoms with Gasteiger partial charge in [-0.25, -0.2) is 0 Å². The van der Waals surface area contributed by atoms with E-state index in [9.17, 15) is 14.9 Å². The van der Waals surface area contributed by atoms with E-state index in [2.05, 4.69) is 5.32 Å². The third kappa shape index (κ3) is 4.35. The van der Waals surface area contributed by atoms with Crippen molar-refractivity contribution < 1.29 is 19.2 Å². The molecule has 0 radical (unpaired) electrons. The van der Waals surface area contributed by atoms with Gasteiger partial charge < -0.3 is 14.8 Å². The van der Waals surface area contributed by atoms with Gasteiger partial charge in [-0.05, 0) is 36.8 Å². The normalized spacial score (nSPS) is 10.5. The van der Waals surface area contributed by atoms with Gasteiger partial charge in [0.15, 0.2) is 0 Å². The van der Waals surface area contributed by atoms with Crippen molar-refractivity contribution in [2.24, 2.45) is 0 Å². The maximum Gasteiger partial charge on any atom is 0.293 e. The molecule has 2 aromatic rings. The highest BCUT2D eigenvalue weighted by Gasteiger charge is 2.16. The fourth-order valence-corrected chi connectivity index (χ4v) is 2.27. The van der Waals surface area contributed by atoms with Crippen molar-refractivity contribution in [3.05, 3.63) is 63.7 Å². The smallest absolute Gasteiger partial charge is 0.293 e. The molecule has 0 saturated heterocycles. The summed E-state index contributed by atoms with van der Waals surface area (Å²) >= 11 is 0. The molecule has 0 heterocycles. The van der Waals surface area contributed by atoms with Crippen LogP contribution >= 0.6 is 0 Å². The highest BCUT2D eigenvalue weighted by molar-refractivity contribution is 6.03. The minimum absolute atomic E-state index is 0.152. The maximum absolute atomic E-state index is 12.2. The van der Waals surface area contributed by atoms with Crippen molar-refractivity contribution in [3.8, 4) is 11.5 Å². The van der Waals surface area contributed by atoms with Gasteiger partial charge in [0.2, 0.25) is 5.91 Å².